The highest BCUT2D eigenvalue weighted by molar-refractivity contribution is 7.92. The standard InChI is InChI=1S/C23H28N2O4S/c1-23(2)13-12-18-16-20(10-11-21(18)29-23)30(27,28)24-19-8-6-17(7-9-19)22(26)25-14-4-3-5-15-25/h6-11,16,24H,3-5,12-15H2,1-2H3. The number of hydrogen-bond donors (Lipinski definition) is 1. The number of aryl methyl sites for hydroxylation is 1. The first-order valence-corrected chi connectivity index (χ1v) is 12.0. The summed E-state index contributed by atoms with van der Waals surface area (Å²) in [5, 5.41) is 0. The molecule has 6 nitrogen and oxygen atoms in total. The van der Waals surface area contributed by atoms with Crippen molar-refractivity contribution in [1.82, 2.24) is 4.90 Å². The van der Waals surface area contributed by atoms with Crippen molar-refractivity contribution in [1.29, 1.82) is 0 Å². The predicted octanol–water partition coefficient (Wildman–Crippen LogP) is 4.22. The number of carbonyl (C=O) groups is 1. The van der Waals surface area contributed by atoms with Gasteiger partial charge in [-0.25, -0.2) is 8.42 Å². The summed E-state index contributed by atoms with van der Waals surface area (Å²) in [4.78, 5) is 14.6. The molecule has 1 amide bonds. The van der Waals surface area contributed by atoms with Gasteiger partial charge in [-0.3, -0.25) is 9.52 Å². The molecule has 160 valence electrons. The van der Waals surface area contributed by atoms with Crippen molar-refractivity contribution in [3.63, 3.8) is 0 Å². The summed E-state index contributed by atoms with van der Waals surface area (Å²) in [6.07, 6.45) is 4.85. The fourth-order valence-corrected chi connectivity index (χ4v) is 5.09. The normalized spacial score (nSPS) is 18.3. The molecule has 0 saturated carbocycles. The van der Waals surface area contributed by atoms with Gasteiger partial charge in [-0.1, -0.05) is 0 Å². The molecule has 2 heterocycles. The van der Waals surface area contributed by atoms with Gasteiger partial charge in [0.05, 0.1) is 4.90 Å². The number of ether oxygens (including phenoxy) is 1. The van der Waals surface area contributed by atoms with E-state index in [1.807, 2.05) is 18.7 Å². The van der Waals surface area contributed by atoms with Crippen molar-refractivity contribution in [3.05, 3.63) is 53.6 Å². The Balaban J connectivity index is 1.48. The molecule has 0 atom stereocenters. The zero-order valence-corrected chi connectivity index (χ0v) is 18.3. The van der Waals surface area contributed by atoms with Crippen LogP contribution in [0.4, 0.5) is 5.69 Å². The zero-order chi connectivity index (χ0) is 21.4. The van der Waals surface area contributed by atoms with Gasteiger partial charge in [0.25, 0.3) is 15.9 Å². The number of anilines is 1. The number of rotatable bonds is 4. The second-order valence-corrected chi connectivity index (χ2v) is 10.3. The second kappa shape index (κ2) is 7.95. The molecule has 0 unspecified atom stereocenters. The van der Waals surface area contributed by atoms with Crippen LogP contribution >= 0.6 is 0 Å². The third-order valence-corrected chi connectivity index (χ3v) is 7.13. The van der Waals surface area contributed by atoms with Crippen LogP contribution in [0, 0.1) is 0 Å². The number of carbonyl (C=O) groups excluding carboxylic acids is 1. The average molecular weight is 429 g/mol. The van der Waals surface area contributed by atoms with Gasteiger partial charge in [-0.15, -0.1) is 0 Å². The Hall–Kier alpha value is -2.54. The van der Waals surface area contributed by atoms with E-state index in [0.29, 0.717) is 11.3 Å². The van der Waals surface area contributed by atoms with Crippen LogP contribution in [0.2, 0.25) is 0 Å². The minimum Gasteiger partial charge on any atom is -0.488 e. The molecular formula is C23H28N2O4S. The summed E-state index contributed by atoms with van der Waals surface area (Å²) in [6, 6.07) is 11.6. The first kappa shape index (κ1) is 20.7. The van der Waals surface area contributed by atoms with E-state index in [2.05, 4.69) is 4.72 Å². The zero-order valence-electron chi connectivity index (χ0n) is 17.5. The maximum absolute atomic E-state index is 12.9. The van der Waals surface area contributed by atoms with Crippen molar-refractivity contribution in [2.24, 2.45) is 0 Å². The van der Waals surface area contributed by atoms with E-state index in [4.69, 9.17) is 4.74 Å². The molecule has 1 fully saturated rings. The van der Waals surface area contributed by atoms with Crippen LogP contribution in [-0.4, -0.2) is 37.9 Å². The van der Waals surface area contributed by atoms with Gasteiger partial charge in [0.15, 0.2) is 0 Å². The fourth-order valence-electron chi connectivity index (χ4n) is 3.98. The smallest absolute Gasteiger partial charge is 0.261 e. The van der Waals surface area contributed by atoms with Gasteiger partial charge in [0.2, 0.25) is 0 Å². The third-order valence-electron chi connectivity index (χ3n) is 5.75. The Morgan fingerprint density at radius 3 is 2.43 bits per heavy atom. The van der Waals surface area contributed by atoms with Crippen LogP contribution in [-0.2, 0) is 16.4 Å². The topological polar surface area (TPSA) is 75.7 Å². The predicted molar refractivity (Wildman–Crippen MR) is 116 cm³/mol. The van der Waals surface area contributed by atoms with Gasteiger partial charge in [0, 0.05) is 24.3 Å². The van der Waals surface area contributed by atoms with Crippen molar-refractivity contribution >= 4 is 21.6 Å². The average Bonchev–Trinajstić information content (AvgIpc) is 2.73. The van der Waals surface area contributed by atoms with Gasteiger partial charge in [-0.2, -0.15) is 0 Å². The Morgan fingerprint density at radius 2 is 1.73 bits per heavy atom. The maximum Gasteiger partial charge on any atom is 0.261 e. The molecule has 2 aromatic rings. The van der Waals surface area contributed by atoms with Gasteiger partial charge >= 0.3 is 0 Å². The number of hydrogen-bond acceptors (Lipinski definition) is 4. The van der Waals surface area contributed by atoms with Gasteiger partial charge < -0.3 is 9.64 Å². The van der Waals surface area contributed by atoms with Crippen molar-refractivity contribution in [2.75, 3.05) is 17.8 Å². The number of likely N-dealkylation sites (tertiary alicyclic amines) is 1. The lowest BCUT2D eigenvalue weighted by atomic mass is 9.94. The molecule has 2 aromatic carbocycles. The molecule has 4 rings (SSSR count). The van der Waals surface area contributed by atoms with Crippen LogP contribution in [0.1, 0.15) is 55.5 Å². The maximum atomic E-state index is 12.9. The molecule has 30 heavy (non-hydrogen) atoms. The fraction of sp³-hybridized carbons (Fsp3) is 0.435. The van der Waals surface area contributed by atoms with Crippen molar-refractivity contribution in [2.45, 2.75) is 56.4 Å². The summed E-state index contributed by atoms with van der Waals surface area (Å²) < 4.78 is 34.3. The van der Waals surface area contributed by atoms with Crippen molar-refractivity contribution in [3.8, 4) is 5.75 Å². The summed E-state index contributed by atoms with van der Waals surface area (Å²) in [7, 11) is -3.73. The lowest BCUT2D eigenvalue weighted by Crippen LogP contribution is -2.35. The van der Waals surface area contributed by atoms with E-state index in [1.165, 1.54) is 0 Å². The quantitative estimate of drug-likeness (QED) is 0.791. The first-order chi connectivity index (χ1) is 14.2. The summed E-state index contributed by atoms with van der Waals surface area (Å²) in [5.41, 5.74) is 1.67. The molecule has 1 N–H and O–H groups in total. The molecular weight excluding hydrogens is 400 g/mol. The minimum absolute atomic E-state index is 0.00159. The monoisotopic (exact) mass is 428 g/mol. The molecule has 0 radical (unpaired) electrons. The Morgan fingerprint density at radius 1 is 1.03 bits per heavy atom. The van der Waals surface area contributed by atoms with E-state index >= 15 is 0 Å². The molecule has 1 saturated heterocycles. The molecule has 0 bridgehead atoms. The van der Waals surface area contributed by atoms with Crippen LogP contribution in [0.5, 0.6) is 5.75 Å². The molecule has 2 aliphatic rings. The Labute approximate surface area is 178 Å². The largest absolute Gasteiger partial charge is 0.488 e. The number of nitrogens with zero attached hydrogens (tertiary/aromatic N) is 1. The number of piperidine rings is 1. The minimum atomic E-state index is -3.73. The highest BCUT2D eigenvalue weighted by Gasteiger charge is 2.28. The molecule has 0 spiro atoms. The number of sulfonamides is 1. The van der Waals surface area contributed by atoms with E-state index in [-0.39, 0.29) is 16.4 Å². The van der Waals surface area contributed by atoms with Gasteiger partial charge in [0.1, 0.15) is 11.4 Å². The second-order valence-electron chi connectivity index (χ2n) is 8.67. The van der Waals surface area contributed by atoms with Crippen LogP contribution in [0.15, 0.2) is 47.4 Å². The van der Waals surface area contributed by atoms with Crippen LogP contribution in [0.25, 0.3) is 0 Å². The highest BCUT2D eigenvalue weighted by Crippen LogP contribution is 2.34. The van der Waals surface area contributed by atoms with E-state index in [0.717, 1.165) is 56.5 Å². The summed E-state index contributed by atoms with van der Waals surface area (Å²) in [5.74, 6) is 0.743. The van der Waals surface area contributed by atoms with E-state index in [1.54, 1.807) is 42.5 Å². The molecule has 0 aromatic heterocycles. The Bertz CT molecular complexity index is 1040. The van der Waals surface area contributed by atoms with Crippen LogP contribution in [0.3, 0.4) is 0 Å². The number of nitrogens with one attached hydrogen (secondary N) is 1. The summed E-state index contributed by atoms with van der Waals surface area (Å²) >= 11 is 0. The highest BCUT2D eigenvalue weighted by atomic mass is 32.2. The summed E-state index contributed by atoms with van der Waals surface area (Å²) in [6.45, 7) is 5.63. The molecule has 2 aliphatic heterocycles. The van der Waals surface area contributed by atoms with Crippen LogP contribution < -0.4 is 9.46 Å². The first-order valence-electron chi connectivity index (χ1n) is 10.5. The van der Waals surface area contributed by atoms with E-state index < -0.39 is 10.0 Å². The lowest BCUT2D eigenvalue weighted by molar-refractivity contribution is 0.0724. The number of benzene rings is 2. The number of amides is 1. The van der Waals surface area contributed by atoms with E-state index in [9.17, 15) is 13.2 Å². The van der Waals surface area contributed by atoms with Crippen molar-refractivity contribution < 1.29 is 17.9 Å². The third kappa shape index (κ3) is 4.46. The Kier molecular flexibility index (Phi) is 5.49. The SMILES string of the molecule is CC1(C)CCc2cc(S(=O)(=O)Nc3ccc(C(=O)N4CCCCC4)cc3)ccc2O1. The molecule has 7 heteroatoms. The lowest BCUT2D eigenvalue weighted by Gasteiger charge is -2.32. The van der Waals surface area contributed by atoms with Gasteiger partial charge in [-0.05, 0) is 94.0 Å². The molecule has 0 aliphatic carbocycles. The number of fused-ring (bicyclic) bond motifs is 1.